The van der Waals surface area contributed by atoms with Crippen LogP contribution in [-0.4, -0.2) is 16.7 Å². The number of hydrogen-bond donors (Lipinski definition) is 1. The van der Waals surface area contributed by atoms with Gasteiger partial charge in [0.25, 0.3) is 5.91 Å². The minimum atomic E-state index is -0.214. The molecule has 0 bridgehead atoms. The Balaban J connectivity index is 2.16. The Morgan fingerprint density at radius 1 is 1.35 bits per heavy atom. The van der Waals surface area contributed by atoms with Crippen molar-refractivity contribution in [3.8, 4) is 5.75 Å². The van der Waals surface area contributed by atoms with Crippen molar-refractivity contribution in [3.05, 3.63) is 29.3 Å². The van der Waals surface area contributed by atoms with E-state index in [1.54, 1.807) is 18.2 Å². The lowest BCUT2D eigenvalue weighted by Crippen LogP contribution is -2.16. The van der Waals surface area contributed by atoms with E-state index in [9.17, 15) is 9.90 Å². The predicted octanol–water partition coefficient (Wildman–Crippen LogP) is 3.11. The van der Waals surface area contributed by atoms with Crippen molar-refractivity contribution in [1.29, 1.82) is 0 Å². The number of carbonyl (C=O) groups is 1. The summed E-state index contributed by atoms with van der Waals surface area (Å²) < 4.78 is 0. The third-order valence-electron chi connectivity index (χ3n) is 3.09. The molecule has 90 valence electrons. The second-order valence-electron chi connectivity index (χ2n) is 4.42. The average Bonchev–Trinajstić information content (AvgIpc) is 2.31. The summed E-state index contributed by atoms with van der Waals surface area (Å²) in [5.41, 5.74) is 2.18. The Bertz CT molecular complexity index is 463. The van der Waals surface area contributed by atoms with Crippen LogP contribution in [0.5, 0.6) is 5.75 Å². The highest BCUT2D eigenvalue weighted by atomic mass is 16.3. The number of phenols is 1. The van der Waals surface area contributed by atoms with Gasteiger partial charge in [0.2, 0.25) is 0 Å². The van der Waals surface area contributed by atoms with Crippen LogP contribution < -0.4 is 0 Å². The number of carbonyl (C=O) groups excluding carboxylic acids is 1. The number of aromatic hydroxyl groups is 1. The second kappa shape index (κ2) is 5.13. The van der Waals surface area contributed by atoms with E-state index in [-0.39, 0.29) is 11.7 Å². The van der Waals surface area contributed by atoms with Gasteiger partial charge in [0, 0.05) is 23.3 Å². The Hall–Kier alpha value is -1.64. The summed E-state index contributed by atoms with van der Waals surface area (Å²) in [6, 6.07) is 5.04. The molecule has 0 unspecified atom stereocenters. The van der Waals surface area contributed by atoms with Crippen molar-refractivity contribution in [2.24, 2.45) is 4.99 Å². The number of unbranched alkanes of at least 4 members (excludes halogenated alkanes) is 2. The van der Waals surface area contributed by atoms with Gasteiger partial charge in [-0.3, -0.25) is 4.79 Å². The number of rotatable bonds is 4. The summed E-state index contributed by atoms with van der Waals surface area (Å²) in [7, 11) is 0. The van der Waals surface area contributed by atoms with E-state index in [0.29, 0.717) is 12.0 Å². The van der Waals surface area contributed by atoms with Gasteiger partial charge in [-0.05, 0) is 25.0 Å². The van der Waals surface area contributed by atoms with E-state index in [0.717, 1.165) is 37.0 Å². The summed E-state index contributed by atoms with van der Waals surface area (Å²) in [4.78, 5) is 15.9. The molecule has 0 aromatic heterocycles. The van der Waals surface area contributed by atoms with Crippen molar-refractivity contribution in [3.63, 3.8) is 0 Å². The summed E-state index contributed by atoms with van der Waals surface area (Å²) in [6.07, 6.45) is 4.83. The van der Waals surface area contributed by atoms with Gasteiger partial charge >= 0.3 is 0 Å². The maximum Gasteiger partial charge on any atom is 0.277 e. The molecule has 17 heavy (non-hydrogen) atoms. The monoisotopic (exact) mass is 231 g/mol. The summed E-state index contributed by atoms with van der Waals surface area (Å²) in [5.74, 6) is -0.00705. The molecule has 1 aromatic carbocycles. The van der Waals surface area contributed by atoms with Crippen molar-refractivity contribution in [2.75, 3.05) is 0 Å². The Kier molecular flexibility index (Phi) is 3.57. The largest absolute Gasteiger partial charge is 0.508 e. The number of amides is 1. The van der Waals surface area contributed by atoms with Gasteiger partial charge < -0.3 is 5.11 Å². The average molecular weight is 231 g/mol. The lowest BCUT2D eigenvalue weighted by molar-refractivity contribution is 0.0999. The normalized spacial score (nSPS) is 14.4. The molecule has 0 saturated carbocycles. The van der Waals surface area contributed by atoms with Crippen LogP contribution in [0.25, 0.3) is 0 Å². The smallest absolute Gasteiger partial charge is 0.277 e. The van der Waals surface area contributed by atoms with Crippen molar-refractivity contribution < 1.29 is 9.90 Å². The quantitative estimate of drug-likeness (QED) is 0.809. The minimum absolute atomic E-state index is 0.207. The van der Waals surface area contributed by atoms with E-state index in [1.165, 1.54) is 0 Å². The zero-order chi connectivity index (χ0) is 12.3. The molecule has 2 rings (SSSR count). The summed E-state index contributed by atoms with van der Waals surface area (Å²) in [6.45, 7) is 2.15. The van der Waals surface area contributed by atoms with Crippen LogP contribution in [-0.2, 0) is 6.42 Å². The Morgan fingerprint density at radius 3 is 2.94 bits per heavy atom. The number of phenolic OH excluding ortho intramolecular Hbond substituents is 1. The zero-order valence-corrected chi connectivity index (χ0v) is 10.1. The van der Waals surface area contributed by atoms with Crippen molar-refractivity contribution >= 4 is 11.6 Å². The standard InChI is InChI=1S/C14H17NO2/c1-2-3-4-6-10-9-12-11(14(17)15-10)7-5-8-13(12)16/h5,7-8,16H,2-4,6,9H2,1H3. The fourth-order valence-corrected chi connectivity index (χ4v) is 2.13. The molecular formula is C14H17NO2. The first kappa shape index (κ1) is 11.8. The number of hydrogen-bond acceptors (Lipinski definition) is 2. The van der Waals surface area contributed by atoms with Gasteiger partial charge in [-0.25, -0.2) is 4.99 Å². The Labute approximate surface area is 101 Å². The van der Waals surface area contributed by atoms with Crippen LogP contribution >= 0.6 is 0 Å². The van der Waals surface area contributed by atoms with Crippen molar-refractivity contribution in [2.45, 2.75) is 39.0 Å². The molecule has 1 N–H and O–H groups in total. The molecule has 3 heteroatoms. The third kappa shape index (κ3) is 2.54. The molecular weight excluding hydrogens is 214 g/mol. The van der Waals surface area contributed by atoms with Gasteiger partial charge in [-0.15, -0.1) is 0 Å². The van der Waals surface area contributed by atoms with Crippen LogP contribution in [0.2, 0.25) is 0 Å². The summed E-state index contributed by atoms with van der Waals surface area (Å²) >= 11 is 0. The molecule has 0 fully saturated rings. The molecule has 0 saturated heterocycles. The topological polar surface area (TPSA) is 49.7 Å². The molecule has 1 amide bonds. The molecule has 0 aliphatic carbocycles. The SMILES string of the molecule is CCCCCC1=NC(=O)c2cccc(O)c2C1. The van der Waals surface area contributed by atoms with Gasteiger partial charge in [-0.2, -0.15) is 0 Å². The number of fused-ring (bicyclic) bond motifs is 1. The lowest BCUT2D eigenvalue weighted by atomic mass is 9.95. The van der Waals surface area contributed by atoms with Crippen LogP contribution in [0.15, 0.2) is 23.2 Å². The van der Waals surface area contributed by atoms with Crippen LogP contribution in [0.4, 0.5) is 0 Å². The third-order valence-corrected chi connectivity index (χ3v) is 3.09. The van der Waals surface area contributed by atoms with Crippen LogP contribution in [0.1, 0.15) is 48.5 Å². The fourth-order valence-electron chi connectivity index (χ4n) is 2.13. The minimum Gasteiger partial charge on any atom is -0.508 e. The first-order valence-electron chi connectivity index (χ1n) is 6.14. The molecule has 3 nitrogen and oxygen atoms in total. The van der Waals surface area contributed by atoms with E-state index in [1.807, 2.05) is 0 Å². The summed E-state index contributed by atoms with van der Waals surface area (Å²) in [5, 5.41) is 9.76. The highest BCUT2D eigenvalue weighted by Gasteiger charge is 2.21. The first-order valence-corrected chi connectivity index (χ1v) is 6.14. The number of nitrogens with zero attached hydrogens (tertiary/aromatic N) is 1. The van der Waals surface area contributed by atoms with Gasteiger partial charge in [0.15, 0.2) is 0 Å². The molecule has 0 radical (unpaired) electrons. The molecule has 1 aliphatic rings. The number of benzene rings is 1. The van der Waals surface area contributed by atoms with Gasteiger partial charge in [-0.1, -0.05) is 25.8 Å². The van der Waals surface area contributed by atoms with Gasteiger partial charge in [0.1, 0.15) is 5.75 Å². The molecule has 1 heterocycles. The van der Waals surface area contributed by atoms with E-state index in [4.69, 9.17) is 0 Å². The van der Waals surface area contributed by atoms with E-state index in [2.05, 4.69) is 11.9 Å². The lowest BCUT2D eigenvalue weighted by Gasteiger charge is -2.15. The molecule has 1 aromatic rings. The maximum atomic E-state index is 11.8. The fraction of sp³-hybridized carbons (Fsp3) is 0.429. The molecule has 0 atom stereocenters. The van der Waals surface area contributed by atoms with Crippen molar-refractivity contribution in [1.82, 2.24) is 0 Å². The predicted molar refractivity (Wildman–Crippen MR) is 67.7 cm³/mol. The second-order valence-corrected chi connectivity index (χ2v) is 4.42. The first-order chi connectivity index (χ1) is 8.22. The number of aliphatic imine (C=N–C) groups is 1. The molecule has 1 aliphatic heterocycles. The molecule has 0 spiro atoms. The van der Waals surface area contributed by atoms with Gasteiger partial charge in [0.05, 0.1) is 0 Å². The van der Waals surface area contributed by atoms with Crippen LogP contribution in [0.3, 0.4) is 0 Å². The van der Waals surface area contributed by atoms with Crippen LogP contribution in [0, 0.1) is 0 Å². The van der Waals surface area contributed by atoms with E-state index >= 15 is 0 Å². The van der Waals surface area contributed by atoms with E-state index < -0.39 is 0 Å². The highest BCUT2D eigenvalue weighted by Crippen LogP contribution is 2.26. The zero-order valence-electron chi connectivity index (χ0n) is 10.1. The maximum absolute atomic E-state index is 11.8. The highest BCUT2D eigenvalue weighted by molar-refractivity contribution is 6.09. The Morgan fingerprint density at radius 2 is 2.18 bits per heavy atom.